The molecule has 0 atom stereocenters. The topological polar surface area (TPSA) is 183 Å². The molecule has 2 aromatic rings. The standard InChI is InChI=1S/C8H10NO2.C6H3N3O7/c1-7-5-3-4-6-9(7)11-8(2)10;10-6-4(8(13)14)1-3(7(11)12)2-5(6)9(15)16/h3-6H,1-2H3;1-2,10H/q+1;/p-1. The van der Waals surface area contributed by atoms with Crippen molar-refractivity contribution in [2.45, 2.75) is 13.8 Å². The van der Waals surface area contributed by atoms with Crippen molar-refractivity contribution in [2.75, 3.05) is 0 Å². The molecule has 0 aliphatic carbocycles. The maximum Gasteiger partial charge on any atom is 0.377 e. The molecule has 1 heterocycles. The van der Waals surface area contributed by atoms with E-state index in [0.29, 0.717) is 12.1 Å². The lowest BCUT2D eigenvalue weighted by atomic mass is 10.2. The van der Waals surface area contributed by atoms with Gasteiger partial charge in [-0.3, -0.25) is 30.3 Å². The van der Waals surface area contributed by atoms with Gasteiger partial charge >= 0.3 is 5.97 Å². The molecule has 1 aromatic carbocycles. The summed E-state index contributed by atoms with van der Waals surface area (Å²) in [5, 5.41) is 42.1. The quantitative estimate of drug-likeness (QED) is 0.419. The number of aryl methyl sites for hydroxylation is 1. The molecule has 0 fully saturated rings. The van der Waals surface area contributed by atoms with Crippen LogP contribution in [0.3, 0.4) is 0 Å². The molecule has 27 heavy (non-hydrogen) atoms. The summed E-state index contributed by atoms with van der Waals surface area (Å²) in [5.74, 6) is -1.77. The van der Waals surface area contributed by atoms with Crippen LogP contribution < -0.4 is 14.7 Å². The van der Waals surface area contributed by atoms with E-state index in [9.17, 15) is 40.2 Å². The number of pyridine rings is 1. The first-order valence-corrected chi connectivity index (χ1v) is 6.99. The lowest BCUT2D eigenvalue weighted by molar-refractivity contribution is -0.873. The fraction of sp³-hybridized carbons (Fsp3) is 0.143. The van der Waals surface area contributed by atoms with Crippen molar-refractivity contribution in [3.8, 4) is 5.75 Å². The van der Waals surface area contributed by atoms with Gasteiger partial charge in [-0.2, -0.15) is 4.84 Å². The monoisotopic (exact) mass is 380 g/mol. The summed E-state index contributed by atoms with van der Waals surface area (Å²) in [7, 11) is 0. The van der Waals surface area contributed by atoms with Gasteiger partial charge in [-0.05, 0) is 6.07 Å². The fourth-order valence-electron chi connectivity index (χ4n) is 1.72. The third kappa shape index (κ3) is 5.70. The van der Waals surface area contributed by atoms with E-state index in [0.717, 1.165) is 5.69 Å². The molecule has 0 saturated heterocycles. The van der Waals surface area contributed by atoms with Gasteiger partial charge in [0, 0.05) is 30.7 Å². The van der Waals surface area contributed by atoms with E-state index in [2.05, 4.69) is 0 Å². The average molecular weight is 380 g/mol. The summed E-state index contributed by atoms with van der Waals surface area (Å²) >= 11 is 0. The Morgan fingerprint density at radius 1 is 1.00 bits per heavy atom. The van der Waals surface area contributed by atoms with Crippen LogP contribution in [0.4, 0.5) is 17.1 Å². The number of benzene rings is 1. The number of nitro benzene ring substituents is 3. The maximum atomic E-state index is 11.1. The molecule has 0 unspecified atom stereocenters. The van der Waals surface area contributed by atoms with E-state index < -0.39 is 37.6 Å². The van der Waals surface area contributed by atoms with Crippen molar-refractivity contribution in [2.24, 2.45) is 0 Å². The van der Waals surface area contributed by atoms with E-state index >= 15 is 0 Å². The molecule has 0 bridgehead atoms. The van der Waals surface area contributed by atoms with Crippen LogP contribution in [-0.4, -0.2) is 20.7 Å². The van der Waals surface area contributed by atoms with Gasteiger partial charge in [-0.25, -0.2) is 4.79 Å². The summed E-state index contributed by atoms with van der Waals surface area (Å²) < 4.78 is 1.43. The van der Waals surface area contributed by atoms with Gasteiger partial charge < -0.3 is 5.11 Å². The number of nitro groups is 3. The Morgan fingerprint density at radius 2 is 1.52 bits per heavy atom. The lowest BCUT2D eigenvalue weighted by Crippen LogP contribution is -2.46. The predicted molar refractivity (Wildman–Crippen MR) is 84.5 cm³/mol. The third-order valence-corrected chi connectivity index (χ3v) is 2.88. The van der Waals surface area contributed by atoms with Gasteiger partial charge in [0.25, 0.3) is 17.1 Å². The number of hydrogen-bond acceptors (Lipinski definition) is 9. The molecule has 13 heteroatoms. The minimum absolute atomic E-state index is 0.315. The number of non-ortho nitro benzene ring substituents is 1. The van der Waals surface area contributed by atoms with Crippen LogP contribution >= 0.6 is 0 Å². The maximum absolute atomic E-state index is 11.1. The summed E-state index contributed by atoms with van der Waals surface area (Å²) in [4.78, 5) is 42.9. The minimum atomic E-state index is -1.46. The third-order valence-electron chi connectivity index (χ3n) is 2.88. The summed E-state index contributed by atoms with van der Waals surface area (Å²) in [5.41, 5.74) is -2.37. The van der Waals surface area contributed by atoms with Crippen LogP contribution in [0.2, 0.25) is 0 Å². The van der Waals surface area contributed by atoms with E-state index in [4.69, 9.17) is 4.84 Å². The summed E-state index contributed by atoms with van der Waals surface area (Å²) in [6.45, 7) is 3.24. The van der Waals surface area contributed by atoms with Crippen molar-refractivity contribution in [3.63, 3.8) is 0 Å². The molecule has 0 aliphatic heterocycles. The molecule has 1 aromatic heterocycles. The second-order valence-electron chi connectivity index (χ2n) is 4.84. The second-order valence-corrected chi connectivity index (χ2v) is 4.84. The molecule has 0 aliphatic rings. The Kier molecular flexibility index (Phi) is 6.80. The number of carbonyl (C=O) groups is 1. The van der Waals surface area contributed by atoms with Crippen LogP contribution in [0.15, 0.2) is 36.5 Å². The van der Waals surface area contributed by atoms with Gasteiger partial charge in [-0.15, -0.1) is 0 Å². The molecule has 2 rings (SSSR count). The Morgan fingerprint density at radius 3 is 1.89 bits per heavy atom. The predicted octanol–water partition coefficient (Wildman–Crippen LogP) is 0.742. The number of aromatic nitrogens is 1. The van der Waals surface area contributed by atoms with E-state index in [1.165, 1.54) is 11.7 Å². The zero-order chi connectivity index (χ0) is 20.7. The van der Waals surface area contributed by atoms with Gasteiger partial charge in [0.2, 0.25) is 11.9 Å². The van der Waals surface area contributed by atoms with Crippen LogP contribution in [-0.2, 0) is 4.79 Å². The Labute approximate surface area is 150 Å². The summed E-state index contributed by atoms with van der Waals surface area (Å²) in [6.07, 6.45) is 1.69. The van der Waals surface area contributed by atoms with Crippen LogP contribution in [0.1, 0.15) is 12.6 Å². The molecule has 142 valence electrons. The normalized spacial score (nSPS) is 9.56. The van der Waals surface area contributed by atoms with E-state index in [1.54, 1.807) is 12.3 Å². The fourth-order valence-corrected chi connectivity index (χ4v) is 1.72. The number of carbonyl (C=O) groups excluding carboxylic acids is 1. The van der Waals surface area contributed by atoms with E-state index in [1.807, 2.05) is 19.1 Å². The van der Waals surface area contributed by atoms with Crippen molar-refractivity contribution >= 4 is 23.0 Å². The molecule has 0 radical (unpaired) electrons. The molecule has 13 nitrogen and oxygen atoms in total. The highest BCUT2D eigenvalue weighted by atomic mass is 16.7. The first-order valence-electron chi connectivity index (χ1n) is 6.99. The molecule has 0 amide bonds. The number of hydrogen-bond donors (Lipinski definition) is 0. The zero-order valence-corrected chi connectivity index (χ0v) is 13.9. The van der Waals surface area contributed by atoms with Crippen molar-refractivity contribution in [3.05, 3.63) is 72.6 Å². The molecular weight excluding hydrogens is 368 g/mol. The Bertz CT molecular complexity index is 878. The highest BCUT2D eigenvalue weighted by molar-refractivity contribution is 5.65. The van der Waals surface area contributed by atoms with Gasteiger partial charge in [0.15, 0.2) is 0 Å². The summed E-state index contributed by atoms with van der Waals surface area (Å²) in [6, 6.07) is 6.32. The number of nitrogens with zero attached hydrogens (tertiary/aromatic N) is 4. The Balaban J connectivity index is 0.000000289. The van der Waals surface area contributed by atoms with Crippen LogP contribution in [0.25, 0.3) is 0 Å². The zero-order valence-electron chi connectivity index (χ0n) is 13.9. The molecule has 0 spiro atoms. The van der Waals surface area contributed by atoms with Crippen molar-refractivity contribution < 1.29 is 34.2 Å². The van der Waals surface area contributed by atoms with Crippen molar-refractivity contribution in [1.29, 1.82) is 0 Å². The SMILES string of the molecule is CC(=O)O[n+]1ccccc1C.O=[N+]([O-])c1cc([N+](=O)[O-])c([O-])c([N+](=O)[O-])c1. The van der Waals surface area contributed by atoms with Gasteiger partial charge in [0.1, 0.15) is 0 Å². The average Bonchev–Trinajstić information content (AvgIpc) is 2.56. The molecular formula is C14H12N4O9. The largest absolute Gasteiger partial charge is 0.863 e. The molecule has 0 N–H and O–H groups in total. The lowest BCUT2D eigenvalue weighted by Gasteiger charge is -2.06. The second kappa shape index (κ2) is 8.80. The highest BCUT2D eigenvalue weighted by Crippen LogP contribution is 2.36. The highest BCUT2D eigenvalue weighted by Gasteiger charge is 2.24. The molecule has 0 saturated carbocycles. The first-order chi connectivity index (χ1) is 12.5. The van der Waals surface area contributed by atoms with Gasteiger partial charge in [0.05, 0.1) is 32.7 Å². The van der Waals surface area contributed by atoms with Crippen LogP contribution in [0.5, 0.6) is 5.75 Å². The first kappa shape index (κ1) is 20.9. The Hall–Kier alpha value is -4.16. The van der Waals surface area contributed by atoms with Crippen LogP contribution in [0, 0.1) is 37.3 Å². The van der Waals surface area contributed by atoms with Gasteiger partial charge in [-0.1, -0.05) is 0 Å². The minimum Gasteiger partial charge on any atom is -0.863 e. The number of rotatable bonds is 4. The van der Waals surface area contributed by atoms with E-state index in [-0.39, 0.29) is 5.97 Å². The smallest absolute Gasteiger partial charge is 0.377 e. The van der Waals surface area contributed by atoms with Crippen molar-refractivity contribution in [1.82, 2.24) is 0 Å².